The van der Waals surface area contributed by atoms with Gasteiger partial charge >= 0.3 is 0 Å². The smallest absolute Gasteiger partial charge is 0.271 e. The van der Waals surface area contributed by atoms with Crippen LogP contribution in [0.3, 0.4) is 0 Å². The largest absolute Gasteiger partial charge is 0.368 e. The number of piperazine rings is 1. The van der Waals surface area contributed by atoms with E-state index >= 15 is 0 Å². The third kappa shape index (κ3) is 6.64. The van der Waals surface area contributed by atoms with Crippen LogP contribution in [-0.4, -0.2) is 59.6 Å². The summed E-state index contributed by atoms with van der Waals surface area (Å²) in [6.45, 7) is 8.57. The first-order valence-corrected chi connectivity index (χ1v) is 12.1. The van der Waals surface area contributed by atoms with Crippen LogP contribution in [0.15, 0.2) is 42.5 Å². The van der Waals surface area contributed by atoms with Gasteiger partial charge in [0, 0.05) is 32.7 Å². The van der Waals surface area contributed by atoms with Crippen molar-refractivity contribution in [2.24, 2.45) is 0 Å². The van der Waals surface area contributed by atoms with Crippen LogP contribution in [0.5, 0.6) is 0 Å². The average molecular weight is 577 g/mol. The minimum atomic E-state index is -0.351. The zero-order valence-corrected chi connectivity index (χ0v) is 23.3. The summed E-state index contributed by atoms with van der Waals surface area (Å²) < 4.78 is 15.9. The summed E-state index contributed by atoms with van der Waals surface area (Å²) >= 11 is 12.5. The molecule has 0 bridgehead atoms. The summed E-state index contributed by atoms with van der Waals surface area (Å²) in [4.78, 5) is 21.8. The number of hydrogen-bond acceptors (Lipinski definition) is 4. The Balaban J connectivity index is 0.00000228. The number of carbonyl (C=O) groups excluding carboxylic acids is 1. The van der Waals surface area contributed by atoms with Crippen molar-refractivity contribution in [3.8, 4) is 5.69 Å². The van der Waals surface area contributed by atoms with Gasteiger partial charge in [-0.1, -0.05) is 41.4 Å². The number of anilines is 1. The number of hydrogen-bond donors (Lipinski definition) is 1. The molecule has 0 spiro atoms. The molecule has 196 valence electrons. The minimum absolute atomic E-state index is 0. The molecule has 1 amide bonds. The van der Waals surface area contributed by atoms with Crippen LogP contribution in [0.2, 0.25) is 10.0 Å². The zero-order chi connectivity index (χ0) is 24.2. The molecule has 1 fully saturated rings. The highest BCUT2D eigenvalue weighted by Crippen LogP contribution is 2.32. The third-order valence-corrected chi connectivity index (χ3v) is 6.97. The van der Waals surface area contributed by atoms with Gasteiger partial charge in [0.05, 0.1) is 27.1 Å². The lowest BCUT2D eigenvalue weighted by Gasteiger charge is -2.36. The highest BCUT2D eigenvalue weighted by atomic mass is 35.5. The van der Waals surface area contributed by atoms with Gasteiger partial charge in [0.1, 0.15) is 17.3 Å². The van der Waals surface area contributed by atoms with E-state index in [2.05, 4.69) is 20.1 Å². The summed E-state index contributed by atoms with van der Waals surface area (Å²) in [5, 5.41) is 4.13. The fourth-order valence-corrected chi connectivity index (χ4v) is 4.80. The molecular weight excluding hydrogens is 547 g/mol. The summed E-state index contributed by atoms with van der Waals surface area (Å²) in [7, 11) is 0. The number of imidazole rings is 1. The number of amides is 1. The van der Waals surface area contributed by atoms with Crippen LogP contribution >= 0.6 is 48.0 Å². The number of rotatable bonds is 7. The highest BCUT2D eigenvalue weighted by Gasteiger charge is 2.21. The Labute approximate surface area is 233 Å². The standard InChI is InChI=1S/C25H28Cl2FN5O.2ClH/c1-17-24(30-18(2)33(17)21-9-4-3-8-20(21)28)25(34)29-11-6-12-31-13-15-32(16-14-31)22-10-5-7-19(26)23(22)27;;/h3-5,7-10H,6,11-16H2,1-2H3,(H,29,34);2*1H. The van der Waals surface area contributed by atoms with Crippen molar-refractivity contribution < 1.29 is 9.18 Å². The molecule has 0 radical (unpaired) electrons. The molecule has 0 aliphatic carbocycles. The highest BCUT2D eigenvalue weighted by molar-refractivity contribution is 6.43. The molecule has 1 aliphatic rings. The van der Waals surface area contributed by atoms with Crippen molar-refractivity contribution in [2.75, 3.05) is 44.2 Å². The molecule has 6 nitrogen and oxygen atoms in total. The predicted octanol–water partition coefficient (Wildman–Crippen LogP) is 5.72. The van der Waals surface area contributed by atoms with Gasteiger partial charge in [-0.15, -0.1) is 24.8 Å². The number of benzene rings is 2. The van der Waals surface area contributed by atoms with Gasteiger partial charge in [-0.2, -0.15) is 0 Å². The number of nitrogens with zero attached hydrogens (tertiary/aromatic N) is 4. The Hall–Kier alpha value is -2.03. The van der Waals surface area contributed by atoms with E-state index in [9.17, 15) is 9.18 Å². The van der Waals surface area contributed by atoms with E-state index in [0.29, 0.717) is 39.5 Å². The van der Waals surface area contributed by atoms with Crippen molar-refractivity contribution >= 4 is 59.6 Å². The number of aromatic nitrogens is 2. The zero-order valence-electron chi connectivity index (χ0n) is 20.1. The lowest BCUT2D eigenvalue weighted by molar-refractivity contribution is 0.0946. The van der Waals surface area contributed by atoms with Crippen LogP contribution in [0, 0.1) is 19.7 Å². The number of halogens is 5. The third-order valence-electron chi connectivity index (χ3n) is 6.16. The molecule has 1 aliphatic heterocycles. The van der Waals surface area contributed by atoms with Gasteiger partial charge in [0.15, 0.2) is 0 Å². The minimum Gasteiger partial charge on any atom is -0.368 e. The van der Waals surface area contributed by atoms with E-state index in [-0.39, 0.29) is 36.5 Å². The molecule has 2 aromatic carbocycles. The fraction of sp³-hybridized carbons (Fsp3) is 0.360. The van der Waals surface area contributed by atoms with E-state index in [4.69, 9.17) is 23.2 Å². The second kappa shape index (κ2) is 13.5. The molecule has 36 heavy (non-hydrogen) atoms. The van der Waals surface area contributed by atoms with Crippen molar-refractivity contribution in [3.63, 3.8) is 0 Å². The van der Waals surface area contributed by atoms with Crippen molar-refractivity contribution in [3.05, 3.63) is 75.5 Å². The maximum Gasteiger partial charge on any atom is 0.271 e. The van der Waals surface area contributed by atoms with Gasteiger partial charge in [-0.3, -0.25) is 14.3 Å². The monoisotopic (exact) mass is 575 g/mol. The maximum absolute atomic E-state index is 14.3. The van der Waals surface area contributed by atoms with E-state index in [1.54, 1.807) is 42.7 Å². The number of carbonyl (C=O) groups is 1. The first-order valence-electron chi connectivity index (χ1n) is 11.4. The van der Waals surface area contributed by atoms with Gasteiger partial charge in [0.25, 0.3) is 5.91 Å². The lowest BCUT2D eigenvalue weighted by atomic mass is 10.2. The first-order chi connectivity index (χ1) is 16.4. The second-order valence-electron chi connectivity index (χ2n) is 8.39. The molecule has 0 saturated carbocycles. The van der Waals surface area contributed by atoms with E-state index in [1.807, 2.05) is 12.1 Å². The molecular formula is C25H30Cl4FN5O. The summed E-state index contributed by atoms with van der Waals surface area (Å²) in [6.07, 6.45) is 0.829. The molecule has 1 aromatic heterocycles. The topological polar surface area (TPSA) is 53.4 Å². The average Bonchev–Trinajstić information content (AvgIpc) is 3.13. The summed E-state index contributed by atoms with van der Waals surface area (Å²) in [5.74, 6) is -0.0164. The predicted molar refractivity (Wildman–Crippen MR) is 150 cm³/mol. The van der Waals surface area contributed by atoms with Gasteiger partial charge in [-0.25, -0.2) is 9.37 Å². The molecule has 4 rings (SSSR count). The molecule has 0 atom stereocenters. The molecule has 3 aromatic rings. The maximum atomic E-state index is 14.3. The molecule has 1 saturated heterocycles. The summed E-state index contributed by atoms with van der Waals surface area (Å²) in [5.41, 5.74) is 2.31. The Morgan fingerprint density at radius 1 is 1.00 bits per heavy atom. The van der Waals surface area contributed by atoms with E-state index in [0.717, 1.165) is 44.8 Å². The van der Waals surface area contributed by atoms with Crippen molar-refractivity contribution in [1.29, 1.82) is 0 Å². The van der Waals surface area contributed by atoms with Gasteiger partial charge < -0.3 is 10.2 Å². The van der Waals surface area contributed by atoms with Crippen LogP contribution in [-0.2, 0) is 0 Å². The molecule has 2 heterocycles. The van der Waals surface area contributed by atoms with Crippen LogP contribution < -0.4 is 10.2 Å². The molecule has 1 N–H and O–H groups in total. The normalized spacial score (nSPS) is 13.6. The summed E-state index contributed by atoms with van der Waals surface area (Å²) in [6, 6.07) is 12.2. The van der Waals surface area contributed by atoms with Crippen LogP contribution in [0.1, 0.15) is 28.4 Å². The first kappa shape index (κ1) is 30.2. The molecule has 11 heteroatoms. The van der Waals surface area contributed by atoms with Crippen molar-refractivity contribution in [2.45, 2.75) is 20.3 Å². The van der Waals surface area contributed by atoms with Crippen molar-refractivity contribution in [1.82, 2.24) is 19.8 Å². The van der Waals surface area contributed by atoms with E-state index < -0.39 is 0 Å². The SMILES string of the molecule is Cc1nc(C(=O)NCCCN2CCN(c3cccc(Cl)c3Cl)CC2)c(C)n1-c1ccccc1F.Cl.Cl. The Kier molecular flexibility index (Phi) is 11.3. The number of para-hydroxylation sites is 1. The number of nitrogens with one attached hydrogen (secondary N) is 1. The lowest BCUT2D eigenvalue weighted by Crippen LogP contribution is -2.47. The Bertz CT molecular complexity index is 1180. The fourth-order valence-electron chi connectivity index (χ4n) is 4.38. The van der Waals surface area contributed by atoms with Crippen LogP contribution in [0.4, 0.5) is 10.1 Å². The molecule has 0 unspecified atom stereocenters. The van der Waals surface area contributed by atoms with E-state index in [1.165, 1.54) is 6.07 Å². The number of aryl methyl sites for hydroxylation is 1. The van der Waals surface area contributed by atoms with Gasteiger partial charge in [0.2, 0.25) is 0 Å². The Morgan fingerprint density at radius 3 is 2.36 bits per heavy atom. The van der Waals surface area contributed by atoms with Crippen LogP contribution in [0.25, 0.3) is 5.69 Å². The Morgan fingerprint density at radius 2 is 1.67 bits per heavy atom. The second-order valence-corrected chi connectivity index (χ2v) is 9.18. The quantitative estimate of drug-likeness (QED) is 0.365. The van der Waals surface area contributed by atoms with Gasteiger partial charge in [-0.05, 0) is 51.1 Å².